The number of carbonyl (C=O) groups excluding carboxylic acids is 2. The third-order valence-electron chi connectivity index (χ3n) is 30.6. The molecule has 0 spiro atoms. The molecule has 97 heavy (non-hydrogen) atoms. The Morgan fingerprint density at radius 1 is 0.443 bits per heavy atom. The van der Waals surface area contributed by atoms with Crippen LogP contribution in [0.1, 0.15) is 213 Å². The first-order valence-electron chi connectivity index (χ1n) is 36.4. The molecule has 17 N–H and O–H groups in total. The molecule has 8 saturated carbocycles. The lowest BCUT2D eigenvalue weighted by atomic mass is 9.35. The van der Waals surface area contributed by atoms with Gasteiger partial charge in [0.15, 0.2) is 23.8 Å². The maximum Gasteiger partial charge on any atom is 0.338 e. The fourth-order valence-corrected chi connectivity index (χ4v) is 25.0. The number of aliphatic hydroxyl groups excluding tert-OH is 11. The Bertz CT molecular complexity index is 2590. The van der Waals surface area contributed by atoms with Crippen LogP contribution in [0.25, 0.3) is 0 Å². The van der Waals surface area contributed by atoms with Crippen LogP contribution in [-0.4, -0.2) is 235 Å². The van der Waals surface area contributed by atoms with Gasteiger partial charge in [0.1, 0.15) is 73.2 Å². The summed E-state index contributed by atoms with van der Waals surface area (Å²) < 4.78 is 35.5. The monoisotopic (exact) mass is 1390 g/mol. The van der Waals surface area contributed by atoms with Gasteiger partial charge in [0.25, 0.3) is 0 Å². The molecule has 24 nitrogen and oxygen atoms in total. The minimum absolute atomic E-state index is 0. The smallest absolute Gasteiger partial charge is 0.338 e. The average Bonchev–Trinajstić information content (AvgIpc) is 1.67. The van der Waals surface area contributed by atoms with Gasteiger partial charge in [0.05, 0.1) is 36.6 Å². The Balaban J connectivity index is 0.000000220. The van der Waals surface area contributed by atoms with Gasteiger partial charge in [-0.3, -0.25) is 0 Å². The quantitative estimate of drug-likeness (QED) is 0.0986. The fourth-order valence-electron chi connectivity index (χ4n) is 25.0. The van der Waals surface area contributed by atoms with Gasteiger partial charge >= 0.3 is 11.9 Å². The molecule has 8 aliphatic carbocycles. The van der Waals surface area contributed by atoms with E-state index in [1.165, 1.54) is 27.7 Å². The van der Waals surface area contributed by atoms with Crippen molar-refractivity contribution in [1.29, 1.82) is 0 Å². The molecule has 0 aromatic carbocycles. The number of aliphatic hydroxyl groups is 15. The summed E-state index contributed by atoms with van der Waals surface area (Å²) >= 11 is 0. The second-order valence-electron chi connectivity index (χ2n) is 36.3. The molecule has 0 bridgehead atoms. The van der Waals surface area contributed by atoms with E-state index in [4.69, 9.17) is 33.5 Å². The summed E-state index contributed by atoms with van der Waals surface area (Å²) in [5.74, 6) is -0.212. The van der Waals surface area contributed by atoms with Crippen LogP contribution in [0.15, 0.2) is 0 Å². The van der Waals surface area contributed by atoms with Crippen molar-refractivity contribution in [3.8, 4) is 0 Å². The molecule has 562 valence electrons. The second-order valence-corrected chi connectivity index (χ2v) is 36.3. The van der Waals surface area contributed by atoms with Crippen molar-refractivity contribution < 1.29 is 120 Å². The summed E-state index contributed by atoms with van der Waals surface area (Å²) in [5.41, 5.74) is -7.15. The summed E-state index contributed by atoms with van der Waals surface area (Å²) in [5, 5.41) is 155. The van der Waals surface area contributed by atoms with Crippen molar-refractivity contribution in [1.82, 2.24) is 0 Å². The summed E-state index contributed by atoms with van der Waals surface area (Å²) in [6, 6.07) is 0. The standard InChI is InChI=1S/2C36H60O11.CH4O.H2O/c2*1-31(2)22-11-15-35(7)23(33(22,5)13-12-24(31)47-29-27(40)26(39)25(38)21(17-37)45-29)9-8-18-19(10-14-34(18,35)6)36(44)16-20(46-30(36)42)28(41)32(3,4)43;1-2;/h2*18-29,37-41,43-44H,8-17H2,1-7H3;2H,1H3;1H2/t2*18-,19+,20+,21-,22+,23-,24+,25-,26+,27-,28+,29+,33+,34-,35-,36+;;/m11../s1. The zero-order valence-electron chi connectivity index (χ0n) is 60.5. The van der Waals surface area contributed by atoms with Crippen molar-refractivity contribution in [3.05, 3.63) is 0 Å². The molecular formula is C73H126O24. The number of fused-ring (bicyclic) bond motifs is 10. The Labute approximate surface area is 573 Å². The van der Waals surface area contributed by atoms with Crippen LogP contribution in [-0.2, 0) is 38.0 Å². The van der Waals surface area contributed by atoms with Crippen LogP contribution >= 0.6 is 0 Å². The Morgan fingerprint density at radius 2 is 0.763 bits per heavy atom. The molecule has 0 unspecified atom stereocenters. The van der Waals surface area contributed by atoms with Crippen molar-refractivity contribution in [2.45, 2.75) is 333 Å². The fraction of sp³-hybridized carbons (Fsp3) is 0.973. The lowest BCUT2D eigenvalue weighted by Gasteiger charge is -2.70. The van der Waals surface area contributed by atoms with E-state index in [-0.39, 0.29) is 97.5 Å². The third-order valence-corrected chi connectivity index (χ3v) is 30.6. The van der Waals surface area contributed by atoms with Crippen molar-refractivity contribution >= 4 is 11.9 Å². The lowest BCUT2D eigenvalue weighted by molar-refractivity contribution is -0.331. The van der Waals surface area contributed by atoms with E-state index in [0.717, 1.165) is 97.0 Å². The summed E-state index contributed by atoms with van der Waals surface area (Å²) in [6.07, 6.45) is -3.86. The van der Waals surface area contributed by atoms with E-state index in [2.05, 4.69) is 69.2 Å². The molecule has 4 heterocycles. The Hall–Kier alpha value is -1.86. The van der Waals surface area contributed by atoms with Crippen LogP contribution in [0.4, 0.5) is 0 Å². The number of hydrogen-bond donors (Lipinski definition) is 15. The van der Waals surface area contributed by atoms with Crippen LogP contribution in [0.3, 0.4) is 0 Å². The van der Waals surface area contributed by atoms with Gasteiger partial charge in [0, 0.05) is 31.8 Å². The third kappa shape index (κ3) is 12.2. The van der Waals surface area contributed by atoms with E-state index in [1.807, 2.05) is 0 Å². The highest BCUT2D eigenvalue weighted by atomic mass is 16.7. The van der Waals surface area contributed by atoms with Crippen LogP contribution in [0, 0.1) is 90.7 Å². The second kappa shape index (κ2) is 26.9. The minimum atomic E-state index is -1.69. The highest BCUT2D eigenvalue weighted by Gasteiger charge is 2.75. The molecule has 0 amide bonds. The molecule has 0 aromatic rings. The lowest BCUT2D eigenvalue weighted by Crippen LogP contribution is -2.65. The molecule has 4 saturated heterocycles. The van der Waals surface area contributed by atoms with Crippen LogP contribution in [0.2, 0.25) is 0 Å². The number of hydrogen-bond acceptors (Lipinski definition) is 23. The van der Waals surface area contributed by atoms with Crippen molar-refractivity contribution in [2.75, 3.05) is 20.3 Å². The SMILES string of the molecule is CC(C)(O)[C@@H](O)[C@@H]1C[C@](O)([C@H]2CC[C@]3(C)[C@@H]2CC[C@@H]2[C@@]4(C)CC[C@H](O[C@@H]5O[C@H](CO)[C@@H](O)[C@H](O)[C@H]5O)C(C)(C)[C@@H]4CC[C@]23C)C(=O)O1.CC(C)(O)[C@@H](O)[C@@H]1C[C@](O)([C@H]2CC[C@]3(C)[C@@H]2CC[C@@H]2[C@@]4(C)CC[C@H](O[C@@H]5O[C@H](CO)[C@@H](O)[C@H](O)[C@H]5O)C(C)(C)[C@@H]4CC[C@]23C)C(=O)O1.CO.O. The summed E-state index contributed by atoms with van der Waals surface area (Å²) in [7, 11) is 1.00. The van der Waals surface area contributed by atoms with Gasteiger partial charge in [-0.25, -0.2) is 9.59 Å². The van der Waals surface area contributed by atoms with Gasteiger partial charge in [-0.2, -0.15) is 0 Å². The first-order chi connectivity index (χ1) is 44.3. The van der Waals surface area contributed by atoms with Crippen LogP contribution < -0.4 is 0 Å². The number of ether oxygens (including phenoxy) is 6. The minimum Gasteiger partial charge on any atom is -0.457 e. The summed E-state index contributed by atoms with van der Waals surface area (Å²) in [6.45, 7) is 28.3. The van der Waals surface area contributed by atoms with E-state index >= 15 is 0 Å². The molecule has 0 radical (unpaired) electrons. The van der Waals surface area contributed by atoms with Crippen LogP contribution in [0.5, 0.6) is 0 Å². The van der Waals surface area contributed by atoms with Gasteiger partial charge in [-0.15, -0.1) is 0 Å². The van der Waals surface area contributed by atoms with Gasteiger partial charge in [0.2, 0.25) is 0 Å². The molecule has 12 rings (SSSR count). The summed E-state index contributed by atoms with van der Waals surface area (Å²) in [4.78, 5) is 26.6. The molecule has 12 fully saturated rings. The number of carbonyl (C=O) groups is 2. The topological polar surface area (TPSA) is 424 Å². The highest BCUT2D eigenvalue weighted by molar-refractivity contribution is 5.83. The van der Waals surface area contributed by atoms with E-state index < -0.39 is 133 Å². The van der Waals surface area contributed by atoms with E-state index in [1.54, 1.807) is 0 Å². The number of rotatable bonds is 12. The highest BCUT2D eigenvalue weighted by Crippen LogP contribution is 2.78. The normalized spacial score (nSPS) is 51.9. The predicted octanol–water partition coefficient (Wildman–Crippen LogP) is 2.85. The van der Waals surface area contributed by atoms with Gasteiger partial charge in [-0.05, 0) is 209 Å². The molecule has 32 atom stereocenters. The Kier molecular flexibility index (Phi) is 22.0. The molecule has 12 aliphatic rings. The first kappa shape index (κ1) is 79.3. The van der Waals surface area contributed by atoms with Gasteiger partial charge in [-0.1, -0.05) is 69.2 Å². The maximum atomic E-state index is 13.3. The van der Waals surface area contributed by atoms with Crippen molar-refractivity contribution in [2.24, 2.45) is 90.7 Å². The number of cyclic esters (lactones) is 2. The molecule has 0 aromatic heterocycles. The first-order valence-corrected chi connectivity index (χ1v) is 36.4. The molecule has 4 aliphatic heterocycles. The molecule has 24 heteroatoms. The van der Waals surface area contributed by atoms with E-state index in [0.29, 0.717) is 36.5 Å². The largest absolute Gasteiger partial charge is 0.457 e. The predicted molar refractivity (Wildman–Crippen MR) is 351 cm³/mol. The zero-order chi connectivity index (χ0) is 71.4. The maximum absolute atomic E-state index is 13.3. The average molecular weight is 1390 g/mol. The van der Waals surface area contributed by atoms with Crippen molar-refractivity contribution in [3.63, 3.8) is 0 Å². The Morgan fingerprint density at radius 3 is 1.07 bits per heavy atom. The van der Waals surface area contributed by atoms with Gasteiger partial charge < -0.3 is 110 Å². The molecular weight excluding hydrogens is 1260 g/mol. The zero-order valence-corrected chi connectivity index (χ0v) is 60.5. The number of esters is 2. The van der Waals surface area contributed by atoms with E-state index in [9.17, 15) is 81.1 Å².